The molecule has 1 rings (SSSR count). The van der Waals surface area contributed by atoms with E-state index < -0.39 is 0 Å². The number of hydrogen-bond donors (Lipinski definition) is 0. The molecule has 0 bridgehead atoms. The highest BCUT2D eigenvalue weighted by molar-refractivity contribution is 5.98. The summed E-state index contributed by atoms with van der Waals surface area (Å²) in [4.78, 5) is 14.0. The van der Waals surface area contributed by atoms with E-state index in [-0.39, 0.29) is 12.3 Å². The molecule has 0 aliphatic carbocycles. The number of carbonyl (C=O) groups excluding carboxylic acids is 1. The second-order valence-electron chi connectivity index (χ2n) is 3.19. The van der Waals surface area contributed by atoms with Crippen molar-refractivity contribution in [1.82, 2.24) is 0 Å². The summed E-state index contributed by atoms with van der Waals surface area (Å²) in [6, 6.07) is 5.58. The molecule has 0 unspecified atom stereocenters. The van der Waals surface area contributed by atoms with E-state index in [4.69, 9.17) is 5.53 Å². The van der Waals surface area contributed by atoms with Crippen molar-refractivity contribution in [3.63, 3.8) is 0 Å². The van der Waals surface area contributed by atoms with Gasteiger partial charge in [0.2, 0.25) is 0 Å². The molecular weight excluding hydrogens is 178 g/mol. The lowest BCUT2D eigenvalue weighted by Gasteiger charge is -2.01. The van der Waals surface area contributed by atoms with E-state index in [1.165, 1.54) is 0 Å². The fraction of sp³-hybridized carbons (Fsp3) is 0.300. The van der Waals surface area contributed by atoms with Crippen LogP contribution in [0.2, 0.25) is 0 Å². The molecule has 4 nitrogen and oxygen atoms in total. The molecule has 0 radical (unpaired) electrons. The Labute approximate surface area is 82.2 Å². The Balaban J connectivity index is 2.95. The summed E-state index contributed by atoms with van der Waals surface area (Å²) in [6.07, 6.45) is 0. The summed E-state index contributed by atoms with van der Waals surface area (Å²) in [5.41, 5.74) is 10.8. The summed E-state index contributed by atoms with van der Waals surface area (Å²) in [6.45, 7) is 3.74. The number of hydrogen-bond acceptors (Lipinski definition) is 2. The lowest BCUT2D eigenvalue weighted by molar-refractivity contribution is 0.100. The van der Waals surface area contributed by atoms with Gasteiger partial charge in [-0.15, -0.1) is 0 Å². The summed E-state index contributed by atoms with van der Waals surface area (Å²) in [5, 5.41) is 3.24. The van der Waals surface area contributed by atoms with E-state index in [1.54, 1.807) is 12.1 Å². The molecule has 0 atom stereocenters. The minimum atomic E-state index is -0.144. The second-order valence-corrected chi connectivity index (χ2v) is 3.19. The van der Waals surface area contributed by atoms with Crippen LogP contribution in [0.5, 0.6) is 0 Å². The molecule has 1 aromatic carbocycles. The number of nitrogens with zero attached hydrogens (tertiary/aromatic N) is 3. The number of benzene rings is 1. The van der Waals surface area contributed by atoms with Crippen molar-refractivity contribution in [3.8, 4) is 0 Å². The first-order valence-corrected chi connectivity index (χ1v) is 4.26. The van der Waals surface area contributed by atoms with E-state index in [2.05, 4.69) is 10.0 Å². The first kappa shape index (κ1) is 10.3. The third-order valence-corrected chi connectivity index (χ3v) is 1.82. The fourth-order valence-corrected chi connectivity index (χ4v) is 1.32. The van der Waals surface area contributed by atoms with Crippen LogP contribution < -0.4 is 0 Å². The SMILES string of the molecule is Cc1cc(C)cc(C(=O)CN=[N+]=[N-])c1. The molecule has 0 N–H and O–H groups in total. The summed E-state index contributed by atoms with van der Waals surface area (Å²) < 4.78 is 0. The average Bonchev–Trinajstić information content (AvgIpc) is 2.12. The van der Waals surface area contributed by atoms with Gasteiger partial charge in [-0.25, -0.2) is 0 Å². The lowest BCUT2D eigenvalue weighted by atomic mass is 10.0. The predicted molar refractivity (Wildman–Crippen MR) is 54.3 cm³/mol. The number of ketones is 1. The molecule has 0 heterocycles. The number of rotatable bonds is 3. The van der Waals surface area contributed by atoms with Gasteiger partial charge in [0.25, 0.3) is 0 Å². The van der Waals surface area contributed by atoms with Crippen LogP contribution in [-0.4, -0.2) is 12.3 Å². The Bertz CT molecular complexity index is 386. The lowest BCUT2D eigenvalue weighted by Crippen LogP contribution is -2.03. The van der Waals surface area contributed by atoms with Gasteiger partial charge in [-0.1, -0.05) is 22.3 Å². The first-order chi connectivity index (χ1) is 6.63. The Hall–Kier alpha value is -1.80. The van der Waals surface area contributed by atoms with E-state index in [9.17, 15) is 4.79 Å². The van der Waals surface area contributed by atoms with Crippen molar-refractivity contribution in [1.29, 1.82) is 0 Å². The quantitative estimate of drug-likeness (QED) is 0.312. The van der Waals surface area contributed by atoms with Gasteiger partial charge in [-0.2, -0.15) is 0 Å². The number of azide groups is 1. The van der Waals surface area contributed by atoms with Crippen LogP contribution in [0.25, 0.3) is 10.4 Å². The number of Topliss-reactive ketones (excluding diaryl/α,β-unsaturated/α-hetero) is 1. The molecule has 14 heavy (non-hydrogen) atoms. The van der Waals surface area contributed by atoms with Gasteiger partial charge in [0.15, 0.2) is 5.78 Å². The highest BCUT2D eigenvalue weighted by Crippen LogP contribution is 2.09. The van der Waals surface area contributed by atoms with Crippen molar-refractivity contribution < 1.29 is 4.79 Å². The minimum Gasteiger partial charge on any atom is -0.294 e. The van der Waals surface area contributed by atoms with Gasteiger partial charge in [0, 0.05) is 10.5 Å². The van der Waals surface area contributed by atoms with Crippen LogP contribution in [0.4, 0.5) is 0 Å². The van der Waals surface area contributed by atoms with E-state index >= 15 is 0 Å². The maximum absolute atomic E-state index is 11.4. The smallest absolute Gasteiger partial charge is 0.168 e. The minimum absolute atomic E-state index is 0.112. The van der Waals surface area contributed by atoms with Gasteiger partial charge in [0.05, 0.1) is 6.54 Å². The van der Waals surface area contributed by atoms with Gasteiger partial charge < -0.3 is 0 Å². The van der Waals surface area contributed by atoms with Crippen LogP contribution in [0.15, 0.2) is 23.3 Å². The van der Waals surface area contributed by atoms with Gasteiger partial charge in [-0.3, -0.25) is 4.79 Å². The van der Waals surface area contributed by atoms with Gasteiger partial charge in [0.1, 0.15) is 0 Å². The molecule has 0 fully saturated rings. The third-order valence-electron chi connectivity index (χ3n) is 1.82. The molecule has 0 aliphatic rings. The Morgan fingerprint density at radius 3 is 2.43 bits per heavy atom. The van der Waals surface area contributed by atoms with Crippen LogP contribution in [0.1, 0.15) is 21.5 Å². The Kier molecular flexibility index (Phi) is 3.26. The summed E-state index contributed by atoms with van der Waals surface area (Å²) >= 11 is 0. The molecule has 0 amide bonds. The monoisotopic (exact) mass is 189 g/mol. The van der Waals surface area contributed by atoms with Crippen LogP contribution in [0.3, 0.4) is 0 Å². The zero-order valence-electron chi connectivity index (χ0n) is 8.19. The Morgan fingerprint density at radius 1 is 1.36 bits per heavy atom. The zero-order valence-corrected chi connectivity index (χ0v) is 8.19. The molecule has 4 heteroatoms. The van der Waals surface area contributed by atoms with Gasteiger partial charge >= 0.3 is 0 Å². The molecule has 0 saturated carbocycles. The van der Waals surface area contributed by atoms with Crippen LogP contribution >= 0.6 is 0 Å². The van der Waals surface area contributed by atoms with E-state index in [0.717, 1.165) is 11.1 Å². The molecule has 1 aromatic rings. The fourth-order valence-electron chi connectivity index (χ4n) is 1.32. The van der Waals surface area contributed by atoms with Crippen molar-refractivity contribution in [3.05, 3.63) is 45.3 Å². The summed E-state index contributed by atoms with van der Waals surface area (Å²) in [5.74, 6) is -0.144. The van der Waals surface area contributed by atoms with Crippen molar-refractivity contribution in [2.24, 2.45) is 5.11 Å². The molecule has 72 valence electrons. The molecule has 0 aromatic heterocycles. The maximum Gasteiger partial charge on any atom is 0.168 e. The topological polar surface area (TPSA) is 65.8 Å². The third kappa shape index (κ3) is 2.61. The van der Waals surface area contributed by atoms with E-state index in [1.807, 2.05) is 19.9 Å². The Morgan fingerprint density at radius 2 is 1.93 bits per heavy atom. The number of carbonyl (C=O) groups is 1. The normalized spacial score (nSPS) is 9.29. The highest BCUT2D eigenvalue weighted by Gasteiger charge is 2.04. The largest absolute Gasteiger partial charge is 0.294 e. The average molecular weight is 189 g/mol. The van der Waals surface area contributed by atoms with Crippen molar-refractivity contribution in [2.75, 3.05) is 6.54 Å². The second kappa shape index (κ2) is 4.44. The number of aryl methyl sites for hydroxylation is 2. The first-order valence-electron chi connectivity index (χ1n) is 4.26. The standard InChI is InChI=1S/C10H11N3O/c1-7-3-8(2)5-9(4-7)10(14)6-12-13-11/h3-5H,6H2,1-2H3. The summed E-state index contributed by atoms with van der Waals surface area (Å²) in [7, 11) is 0. The molecule has 0 spiro atoms. The van der Waals surface area contributed by atoms with Gasteiger partial charge in [-0.05, 0) is 31.5 Å². The molecule has 0 aliphatic heterocycles. The predicted octanol–water partition coefficient (Wildman–Crippen LogP) is 2.80. The molecule has 0 saturated heterocycles. The highest BCUT2D eigenvalue weighted by atomic mass is 16.1. The maximum atomic E-state index is 11.4. The van der Waals surface area contributed by atoms with Crippen molar-refractivity contribution in [2.45, 2.75) is 13.8 Å². The van der Waals surface area contributed by atoms with Crippen molar-refractivity contribution >= 4 is 5.78 Å². The van der Waals surface area contributed by atoms with E-state index in [0.29, 0.717) is 5.56 Å². The zero-order chi connectivity index (χ0) is 10.6. The van der Waals surface area contributed by atoms with Crippen LogP contribution in [0, 0.1) is 13.8 Å². The molecular formula is C10H11N3O. The van der Waals surface area contributed by atoms with Crippen LogP contribution in [-0.2, 0) is 0 Å².